The highest BCUT2D eigenvalue weighted by Crippen LogP contribution is 2.25. The molecular weight excluding hydrogens is 288 g/mol. The SMILES string of the molecule is Cc1nn(C)c(C(=O)N(C)C(C)c2cccc(Cl)c2)c1N. The van der Waals surface area contributed by atoms with E-state index in [0.717, 1.165) is 5.56 Å². The number of nitrogens with zero attached hydrogens (tertiary/aromatic N) is 3. The van der Waals surface area contributed by atoms with Gasteiger partial charge in [0.25, 0.3) is 5.91 Å². The van der Waals surface area contributed by atoms with Crippen LogP contribution in [0.2, 0.25) is 5.02 Å². The van der Waals surface area contributed by atoms with Crippen LogP contribution in [0.25, 0.3) is 0 Å². The van der Waals surface area contributed by atoms with Crippen molar-refractivity contribution in [1.82, 2.24) is 14.7 Å². The second-order valence-electron chi connectivity index (χ2n) is 5.12. The molecule has 21 heavy (non-hydrogen) atoms. The number of carbonyl (C=O) groups is 1. The van der Waals surface area contributed by atoms with Gasteiger partial charge in [0.05, 0.1) is 17.4 Å². The molecule has 0 aliphatic heterocycles. The van der Waals surface area contributed by atoms with E-state index >= 15 is 0 Å². The van der Waals surface area contributed by atoms with Crippen LogP contribution in [0.1, 0.15) is 34.7 Å². The summed E-state index contributed by atoms with van der Waals surface area (Å²) in [6, 6.07) is 7.36. The van der Waals surface area contributed by atoms with Gasteiger partial charge in [-0.25, -0.2) is 0 Å². The largest absolute Gasteiger partial charge is 0.395 e. The number of hydrogen-bond acceptors (Lipinski definition) is 3. The number of carbonyl (C=O) groups excluding carboxylic acids is 1. The van der Waals surface area contributed by atoms with Crippen molar-refractivity contribution in [1.29, 1.82) is 0 Å². The highest BCUT2D eigenvalue weighted by atomic mass is 35.5. The molecule has 1 heterocycles. The topological polar surface area (TPSA) is 64.2 Å². The molecule has 0 aliphatic rings. The van der Waals surface area contributed by atoms with Crippen LogP contribution in [-0.4, -0.2) is 27.6 Å². The smallest absolute Gasteiger partial charge is 0.274 e. The van der Waals surface area contributed by atoms with Crippen LogP contribution in [0.3, 0.4) is 0 Å². The van der Waals surface area contributed by atoms with E-state index in [4.69, 9.17) is 17.3 Å². The van der Waals surface area contributed by atoms with Crippen molar-refractivity contribution in [2.45, 2.75) is 19.9 Å². The molecule has 2 rings (SSSR count). The molecule has 0 saturated carbocycles. The first kappa shape index (κ1) is 15.4. The van der Waals surface area contributed by atoms with Gasteiger partial charge in [-0.05, 0) is 31.5 Å². The lowest BCUT2D eigenvalue weighted by molar-refractivity contribution is 0.0732. The van der Waals surface area contributed by atoms with Gasteiger partial charge < -0.3 is 10.6 Å². The third-order valence-corrected chi connectivity index (χ3v) is 3.94. The number of halogens is 1. The van der Waals surface area contributed by atoms with E-state index in [1.165, 1.54) is 4.68 Å². The van der Waals surface area contributed by atoms with E-state index in [9.17, 15) is 4.79 Å². The van der Waals surface area contributed by atoms with Crippen LogP contribution < -0.4 is 5.73 Å². The molecule has 1 amide bonds. The van der Waals surface area contributed by atoms with Gasteiger partial charge in [0.2, 0.25) is 0 Å². The highest BCUT2D eigenvalue weighted by molar-refractivity contribution is 6.30. The Balaban J connectivity index is 2.31. The lowest BCUT2D eigenvalue weighted by atomic mass is 10.1. The molecule has 0 spiro atoms. The van der Waals surface area contributed by atoms with Gasteiger partial charge in [0, 0.05) is 19.1 Å². The van der Waals surface area contributed by atoms with Gasteiger partial charge in [-0.1, -0.05) is 23.7 Å². The molecule has 2 N–H and O–H groups in total. The molecule has 0 radical (unpaired) electrons. The second kappa shape index (κ2) is 5.77. The maximum atomic E-state index is 12.7. The maximum absolute atomic E-state index is 12.7. The number of benzene rings is 1. The van der Waals surface area contributed by atoms with Gasteiger partial charge in [-0.15, -0.1) is 0 Å². The summed E-state index contributed by atoms with van der Waals surface area (Å²) in [7, 11) is 3.46. The third kappa shape index (κ3) is 2.88. The Morgan fingerprint density at radius 2 is 2.14 bits per heavy atom. The fourth-order valence-electron chi connectivity index (χ4n) is 2.26. The zero-order valence-electron chi connectivity index (χ0n) is 12.6. The summed E-state index contributed by atoms with van der Waals surface area (Å²) in [6.07, 6.45) is 0. The minimum Gasteiger partial charge on any atom is -0.395 e. The molecule has 1 atom stereocenters. The molecule has 1 aromatic heterocycles. The van der Waals surface area contributed by atoms with E-state index in [1.54, 1.807) is 25.9 Å². The second-order valence-corrected chi connectivity index (χ2v) is 5.55. The minimum atomic E-state index is -0.164. The van der Waals surface area contributed by atoms with Crippen LogP contribution in [0.4, 0.5) is 5.69 Å². The zero-order valence-corrected chi connectivity index (χ0v) is 13.3. The average Bonchev–Trinajstić information content (AvgIpc) is 2.70. The van der Waals surface area contributed by atoms with E-state index in [1.807, 2.05) is 31.2 Å². The average molecular weight is 307 g/mol. The minimum absolute atomic E-state index is 0.120. The first-order chi connectivity index (χ1) is 9.82. The van der Waals surface area contributed by atoms with Crippen molar-refractivity contribution < 1.29 is 4.79 Å². The molecule has 6 heteroatoms. The molecule has 1 aromatic carbocycles. The van der Waals surface area contributed by atoms with Crippen molar-refractivity contribution in [2.75, 3.05) is 12.8 Å². The lowest BCUT2D eigenvalue weighted by Gasteiger charge is -2.25. The molecule has 112 valence electrons. The van der Waals surface area contributed by atoms with Crippen molar-refractivity contribution >= 4 is 23.2 Å². The number of anilines is 1. The first-order valence-corrected chi connectivity index (χ1v) is 7.02. The third-order valence-electron chi connectivity index (χ3n) is 3.70. The number of nitrogen functional groups attached to an aromatic ring is 1. The van der Waals surface area contributed by atoms with Crippen LogP contribution >= 0.6 is 11.6 Å². The maximum Gasteiger partial charge on any atom is 0.274 e. The fraction of sp³-hybridized carbons (Fsp3) is 0.333. The Morgan fingerprint density at radius 3 is 2.67 bits per heavy atom. The zero-order chi connectivity index (χ0) is 15.7. The molecule has 2 aromatic rings. The van der Waals surface area contributed by atoms with Gasteiger partial charge in [-0.2, -0.15) is 5.10 Å². The molecule has 5 nitrogen and oxygen atoms in total. The standard InChI is InChI=1S/C15H19ClN4O/c1-9-13(17)14(20(4)18-9)15(21)19(3)10(2)11-6-5-7-12(16)8-11/h5-8,10H,17H2,1-4H3. The van der Waals surface area contributed by atoms with Crippen LogP contribution in [0, 0.1) is 6.92 Å². The summed E-state index contributed by atoms with van der Waals surface area (Å²) < 4.78 is 1.52. The van der Waals surface area contributed by atoms with Crippen LogP contribution in [0.5, 0.6) is 0 Å². The van der Waals surface area contributed by atoms with Crippen molar-refractivity contribution in [3.8, 4) is 0 Å². The fourth-order valence-corrected chi connectivity index (χ4v) is 2.46. The van der Waals surface area contributed by atoms with Gasteiger partial charge in [0.1, 0.15) is 5.69 Å². The molecule has 1 unspecified atom stereocenters. The van der Waals surface area contributed by atoms with Crippen molar-refractivity contribution in [2.24, 2.45) is 7.05 Å². The monoisotopic (exact) mass is 306 g/mol. The summed E-state index contributed by atoms with van der Waals surface area (Å²) in [5.74, 6) is -0.164. The Bertz CT molecular complexity index is 680. The van der Waals surface area contributed by atoms with Gasteiger partial charge in [0.15, 0.2) is 0 Å². The lowest BCUT2D eigenvalue weighted by Crippen LogP contribution is -2.31. The summed E-state index contributed by atoms with van der Waals surface area (Å²) in [6.45, 7) is 3.73. The molecule has 0 saturated heterocycles. The number of amides is 1. The Hall–Kier alpha value is -2.01. The number of hydrogen-bond donors (Lipinski definition) is 1. The summed E-state index contributed by atoms with van der Waals surface area (Å²) in [4.78, 5) is 14.3. The Morgan fingerprint density at radius 1 is 1.48 bits per heavy atom. The number of aryl methyl sites for hydroxylation is 2. The predicted molar refractivity (Wildman–Crippen MR) is 84.3 cm³/mol. The molecule has 0 fully saturated rings. The number of rotatable bonds is 3. The molecule has 0 aliphatic carbocycles. The molecule has 0 bridgehead atoms. The first-order valence-electron chi connectivity index (χ1n) is 6.64. The predicted octanol–water partition coefficient (Wildman–Crippen LogP) is 2.80. The van der Waals surface area contributed by atoms with E-state index in [0.29, 0.717) is 22.1 Å². The highest BCUT2D eigenvalue weighted by Gasteiger charge is 2.25. The van der Waals surface area contributed by atoms with Crippen LogP contribution in [0.15, 0.2) is 24.3 Å². The van der Waals surface area contributed by atoms with E-state index in [-0.39, 0.29) is 11.9 Å². The van der Waals surface area contributed by atoms with Crippen LogP contribution in [-0.2, 0) is 7.05 Å². The number of nitrogens with two attached hydrogens (primary N) is 1. The summed E-state index contributed by atoms with van der Waals surface area (Å²) in [5.41, 5.74) is 8.41. The van der Waals surface area contributed by atoms with E-state index in [2.05, 4.69) is 5.10 Å². The summed E-state index contributed by atoms with van der Waals surface area (Å²) >= 11 is 6.01. The quantitative estimate of drug-likeness (QED) is 0.948. The molecular formula is C15H19ClN4O. The van der Waals surface area contributed by atoms with Gasteiger partial charge >= 0.3 is 0 Å². The van der Waals surface area contributed by atoms with Gasteiger partial charge in [-0.3, -0.25) is 9.48 Å². The normalized spacial score (nSPS) is 12.2. The van der Waals surface area contributed by atoms with Crippen molar-refractivity contribution in [3.05, 3.63) is 46.2 Å². The Kier molecular flexibility index (Phi) is 4.23. The van der Waals surface area contributed by atoms with Crippen molar-refractivity contribution in [3.63, 3.8) is 0 Å². The number of aromatic nitrogens is 2. The Labute approximate surface area is 129 Å². The van der Waals surface area contributed by atoms with E-state index < -0.39 is 0 Å². The summed E-state index contributed by atoms with van der Waals surface area (Å²) in [5, 5.41) is 4.83.